The quantitative estimate of drug-likeness (QED) is 0.827. The summed E-state index contributed by atoms with van der Waals surface area (Å²) in [6.07, 6.45) is 3.62. The number of rotatable bonds is 2. The van der Waals surface area contributed by atoms with Gasteiger partial charge in [-0.2, -0.15) is 4.98 Å². The fraction of sp³-hybridized carbons (Fsp3) is 0.455. The van der Waals surface area contributed by atoms with Crippen LogP contribution in [0.15, 0.2) is 12.5 Å². The molecule has 0 spiro atoms. The van der Waals surface area contributed by atoms with Gasteiger partial charge in [0, 0.05) is 31.9 Å². The molecule has 1 aliphatic heterocycles. The van der Waals surface area contributed by atoms with E-state index in [0.717, 1.165) is 36.8 Å². The van der Waals surface area contributed by atoms with E-state index >= 15 is 0 Å². The number of aryl methyl sites for hydroxylation is 1. The van der Waals surface area contributed by atoms with Crippen molar-refractivity contribution in [3.63, 3.8) is 0 Å². The van der Waals surface area contributed by atoms with Gasteiger partial charge in [-0.3, -0.25) is 0 Å². The van der Waals surface area contributed by atoms with E-state index in [9.17, 15) is 0 Å². The third-order valence-electron chi connectivity index (χ3n) is 3.11. The van der Waals surface area contributed by atoms with Crippen molar-refractivity contribution in [1.82, 2.24) is 24.7 Å². The maximum absolute atomic E-state index is 4.52. The minimum Gasteiger partial charge on any atom is -0.357 e. The molecule has 3 rings (SSSR count). The summed E-state index contributed by atoms with van der Waals surface area (Å²) in [4.78, 5) is 10.9. The number of anilines is 2. The summed E-state index contributed by atoms with van der Waals surface area (Å²) in [6, 6.07) is 0. The van der Waals surface area contributed by atoms with Crippen molar-refractivity contribution in [2.75, 3.05) is 23.8 Å². The highest BCUT2D eigenvalue weighted by Crippen LogP contribution is 2.21. The Kier molecular flexibility index (Phi) is 2.58. The molecule has 0 aromatic carbocycles. The largest absolute Gasteiger partial charge is 0.357 e. The Bertz CT molecular complexity index is 562. The number of aromatic nitrogens is 5. The minimum atomic E-state index is 0.641. The summed E-state index contributed by atoms with van der Waals surface area (Å²) in [7, 11) is 1.82. The van der Waals surface area contributed by atoms with Gasteiger partial charge in [0.25, 0.3) is 0 Å². The lowest BCUT2D eigenvalue weighted by Gasteiger charge is -2.29. The van der Waals surface area contributed by atoms with Crippen LogP contribution in [0, 0.1) is 6.92 Å². The first kappa shape index (κ1) is 10.9. The average Bonchev–Trinajstić information content (AvgIpc) is 2.86. The van der Waals surface area contributed by atoms with Crippen LogP contribution in [0.25, 0.3) is 0 Å². The van der Waals surface area contributed by atoms with Gasteiger partial charge in [0.2, 0.25) is 5.95 Å². The topological polar surface area (TPSA) is 71.8 Å². The summed E-state index contributed by atoms with van der Waals surface area (Å²) in [5, 5.41) is 11.0. The zero-order chi connectivity index (χ0) is 12.5. The van der Waals surface area contributed by atoms with Gasteiger partial charge in [0.05, 0.1) is 6.54 Å². The molecule has 0 bridgehead atoms. The van der Waals surface area contributed by atoms with Crippen LogP contribution in [0.1, 0.15) is 11.4 Å². The molecule has 94 valence electrons. The van der Waals surface area contributed by atoms with Crippen molar-refractivity contribution < 1.29 is 0 Å². The molecule has 0 saturated carbocycles. The number of fused-ring (bicyclic) bond motifs is 1. The van der Waals surface area contributed by atoms with Gasteiger partial charge < -0.3 is 14.8 Å². The Morgan fingerprint density at radius 2 is 2.22 bits per heavy atom. The molecule has 0 atom stereocenters. The maximum Gasteiger partial charge on any atom is 0.224 e. The van der Waals surface area contributed by atoms with Gasteiger partial charge in [0.1, 0.15) is 12.1 Å². The van der Waals surface area contributed by atoms with Crippen molar-refractivity contribution >= 4 is 11.8 Å². The van der Waals surface area contributed by atoms with Crippen LogP contribution < -0.4 is 10.2 Å². The zero-order valence-electron chi connectivity index (χ0n) is 10.5. The minimum absolute atomic E-state index is 0.641. The molecule has 0 unspecified atom stereocenters. The van der Waals surface area contributed by atoms with Crippen LogP contribution in [0.3, 0.4) is 0 Å². The van der Waals surface area contributed by atoms with Gasteiger partial charge in [-0.15, -0.1) is 10.2 Å². The van der Waals surface area contributed by atoms with E-state index in [-0.39, 0.29) is 0 Å². The van der Waals surface area contributed by atoms with Crippen LogP contribution in [-0.2, 0) is 13.1 Å². The van der Waals surface area contributed by atoms with Crippen LogP contribution in [-0.4, -0.2) is 38.3 Å². The molecule has 3 heterocycles. The predicted octanol–water partition coefficient (Wildman–Crippen LogP) is 0.438. The van der Waals surface area contributed by atoms with Crippen LogP contribution in [0.2, 0.25) is 0 Å². The van der Waals surface area contributed by atoms with Crippen molar-refractivity contribution in [3.8, 4) is 0 Å². The van der Waals surface area contributed by atoms with E-state index in [4.69, 9.17) is 0 Å². The number of hydrogen-bond acceptors (Lipinski definition) is 6. The smallest absolute Gasteiger partial charge is 0.224 e. The Labute approximate surface area is 105 Å². The molecular formula is C11H15N7. The molecule has 1 N–H and O–H groups in total. The Morgan fingerprint density at radius 1 is 1.33 bits per heavy atom. The molecule has 0 radical (unpaired) electrons. The summed E-state index contributed by atoms with van der Waals surface area (Å²) in [5.41, 5.74) is 1.07. The molecule has 0 amide bonds. The van der Waals surface area contributed by atoms with Gasteiger partial charge >= 0.3 is 0 Å². The van der Waals surface area contributed by atoms with Crippen molar-refractivity contribution in [2.24, 2.45) is 0 Å². The third-order valence-corrected chi connectivity index (χ3v) is 3.11. The highest BCUT2D eigenvalue weighted by Gasteiger charge is 2.20. The maximum atomic E-state index is 4.52. The number of nitrogens with zero attached hydrogens (tertiary/aromatic N) is 6. The normalized spacial score (nSPS) is 14.4. The predicted molar refractivity (Wildman–Crippen MR) is 67.4 cm³/mol. The van der Waals surface area contributed by atoms with Gasteiger partial charge in [-0.05, 0) is 6.92 Å². The summed E-state index contributed by atoms with van der Waals surface area (Å²) in [6.45, 7) is 4.56. The van der Waals surface area contributed by atoms with E-state index in [0.29, 0.717) is 5.95 Å². The second-order valence-electron chi connectivity index (χ2n) is 4.31. The van der Waals surface area contributed by atoms with Crippen LogP contribution in [0.5, 0.6) is 0 Å². The highest BCUT2D eigenvalue weighted by atomic mass is 15.3. The second kappa shape index (κ2) is 4.25. The summed E-state index contributed by atoms with van der Waals surface area (Å²) >= 11 is 0. The van der Waals surface area contributed by atoms with E-state index in [1.54, 1.807) is 6.33 Å². The lowest BCUT2D eigenvalue weighted by atomic mass is 10.3. The Hall–Kier alpha value is -2.18. The highest BCUT2D eigenvalue weighted by molar-refractivity contribution is 5.49. The molecule has 1 aliphatic rings. The van der Waals surface area contributed by atoms with Gasteiger partial charge in [0.15, 0.2) is 5.82 Å². The number of nitrogens with one attached hydrogen (secondary N) is 1. The van der Waals surface area contributed by atoms with E-state index in [1.807, 2.05) is 20.2 Å². The van der Waals surface area contributed by atoms with Crippen LogP contribution >= 0.6 is 0 Å². The molecule has 7 nitrogen and oxygen atoms in total. The van der Waals surface area contributed by atoms with Crippen molar-refractivity contribution in [2.45, 2.75) is 20.0 Å². The second-order valence-corrected chi connectivity index (χ2v) is 4.31. The molecule has 0 saturated heterocycles. The molecule has 0 fully saturated rings. The molecular weight excluding hydrogens is 230 g/mol. The number of hydrogen-bond donors (Lipinski definition) is 1. The summed E-state index contributed by atoms with van der Waals surface area (Å²) in [5.74, 6) is 2.58. The lowest BCUT2D eigenvalue weighted by molar-refractivity contribution is 0.555. The fourth-order valence-corrected chi connectivity index (χ4v) is 2.12. The average molecular weight is 245 g/mol. The Morgan fingerprint density at radius 3 is 3.06 bits per heavy atom. The molecule has 18 heavy (non-hydrogen) atoms. The van der Waals surface area contributed by atoms with Crippen molar-refractivity contribution in [1.29, 1.82) is 0 Å². The molecule has 2 aromatic rings. The summed E-state index contributed by atoms with van der Waals surface area (Å²) < 4.78 is 2.08. The van der Waals surface area contributed by atoms with Crippen molar-refractivity contribution in [3.05, 3.63) is 23.9 Å². The monoisotopic (exact) mass is 245 g/mol. The van der Waals surface area contributed by atoms with Crippen LogP contribution in [0.4, 0.5) is 11.8 Å². The van der Waals surface area contributed by atoms with E-state index in [2.05, 4.69) is 34.9 Å². The third kappa shape index (κ3) is 1.77. The SMILES string of the molecule is CNc1ncc(C)c(N2CCn3cnnc3C2)n1. The molecule has 7 heteroatoms. The van der Waals surface area contributed by atoms with E-state index < -0.39 is 0 Å². The Balaban J connectivity index is 1.92. The standard InChI is InChI=1S/C11H15N7/c1-8-5-13-11(12-2)15-10(8)17-3-4-18-7-14-16-9(18)6-17/h5,7H,3-4,6H2,1-2H3,(H,12,13,15). The first-order chi connectivity index (χ1) is 8.78. The first-order valence-corrected chi connectivity index (χ1v) is 5.91. The molecule has 2 aromatic heterocycles. The lowest BCUT2D eigenvalue weighted by Crippen LogP contribution is -2.34. The zero-order valence-corrected chi connectivity index (χ0v) is 10.5. The molecule has 0 aliphatic carbocycles. The van der Waals surface area contributed by atoms with Gasteiger partial charge in [-0.1, -0.05) is 0 Å². The fourth-order valence-electron chi connectivity index (χ4n) is 2.12. The van der Waals surface area contributed by atoms with E-state index in [1.165, 1.54) is 0 Å². The first-order valence-electron chi connectivity index (χ1n) is 5.91. The van der Waals surface area contributed by atoms with Gasteiger partial charge in [-0.25, -0.2) is 4.98 Å².